The van der Waals surface area contributed by atoms with E-state index in [1.807, 2.05) is 0 Å². The van der Waals surface area contributed by atoms with Gasteiger partial charge < -0.3 is 20.8 Å². The Balaban J connectivity index is 2.06. The zero-order chi connectivity index (χ0) is 14.0. The largest absolute Gasteiger partial charge is 0.480 e. The Hall–Kier alpha value is -2.08. The fraction of sp³-hybridized carbons (Fsp3) is 0.385. The van der Waals surface area contributed by atoms with Crippen molar-refractivity contribution in [3.05, 3.63) is 29.8 Å². The molecule has 1 saturated heterocycles. The lowest BCUT2D eigenvalue weighted by molar-refractivity contribution is -0.148. The number of β-amino-alcohol motifs (C(OH)–C–C–N with tert-alkyl or cyclic N) is 1. The molecule has 0 aliphatic carbocycles. The first-order valence-corrected chi connectivity index (χ1v) is 6.02. The van der Waals surface area contributed by atoms with Gasteiger partial charge in [0.15, 0.2) is 0 Å². The average molecular weight is 264 g/mol. The van der Waals surface area contributed by atoms with Crippen LogP contribution in [-0.4, -0.2) is 45.7 Å². The van der Waals surface area contributed by atoms with E-state index in [-0.39, 0.29) is 25.3 Å². The normalized spacial score (nSPS) is 22.5. The number of aliphatic hydroxyl groups excluding tert-OH is 1. The summed E-state index contributed by atoms with van der Waals surface area (Å²) in [5, 5.41) is 18.5. The molecule has 1 aromatic rings. The molecule has 102 valence electrons. The van der Waals surface area contributed by atoms with Gasteiger partial charge in [-0.05, 0) is 17.7 Å². The maximum Gasteiger partial charge on any atom is 0.326 e. The Morgan fingerprint density at radius 2 is 1.95 bits per heavy atom. The van der Waals surface area contributed by atoms with Crippen molar-refractivity contribution in [2.75, 3.05) is 12.3 Å². The summed E-state index contributed by atoms with van der Waals surface area (Å²) in [4.78, 5) is 24.3. The first kappa shape index (κ1) is 13.4. The molecule has 1 amide bonds. The Labute approximate surface area is 110 Å². The predicted octanol–water partition coefficient (Wildman–Crippen LogP) is -0.142. The summed E-state index contributed by atoms with van der Waals surface area (Å²) >= 11 is 0. The van der Waals surface area contributed by atoms with E-state index in [4.69, 9.17) is 10.8 Å². The first-order valence-electron chi connectivity index (χ1n) is 6.02. The molecule has 2 rings (SSSR count). The fourth-order valence-electron chi connectivity index (χ4n) is 2.24. The number of hydrogen-bond acceptors (Lipinski definition) is 4. The molecule has 0 bridgehead atoms. The van der Waals surface area contributed by atoms with Gasteiger partial charge in [-0.15, -0.1) is 0 Å². The molecule has 0 spiro atoms. The molecule has 0 aromatic heterocycles. The Kier molecular flexibility index (Phi) is 3.71. The third-order valence-electron chi connectivity index (χ3n) is 3.22. The van der Waals surface area contributed by atoms with Crippen LogP contribution in [0.2, 0.25) is 0 Å². The number of carboxylic acid groups (broad SMARTS) is 1. The van der Waals surface area contributed by atoms with Crippen LogP contribution >= 0.6 is 0 Å². The van der Waals surface area contributed by atoms with Gasteiger partial charge in [-0.25, -0.2) is 4.79 Å². The summed E-state index contributed by atoms with van der Waals surface area (Å²) in [7, 11) is 0. The predicted molar refractivity (Wildman–Crippen MR) is 68.3 cm³/mol. The van der Waals surface area contributed by atoms with Gasteiger partial charge in [-0.2, -0.15) is 0 Å². The van der Waals surface area contributed by atoms with E-state index in [2.05, 4.69) is 0 Å². The number of aliphatic carboxylic acids is 1. The maximum absolute atomic E-state index is 12.1. The minimum Gasteiger partial charge on any atom is -0.480 e. The number of nitrogens with two attached hydrogens (primary N) is 1. The highest BCUT2D eigenvalue weighted by Gasteiger charge is 2.38. The van der Waals surface area contributed by atoms with Crippen molar-refractivity contribution < 1.29 is 19.8 Å². The van der Waals surface area contributed by atoms with Gasteiger partial charge in [-0.1, -0.05) is 12.1 Å². The van der Waals surface area contributed by atoms with Gasteiger partial charge >= 0.3 is 5.97 Å². The monoisotopic (exact) mass is 264 g/mol. The van der Waals surface area contributed by atoms with Gasteiger partial charge in [0, 0.05) is 18.7 Å². The number of rotatable bonds is 3. The summed E-state index contributed by atoms with van der Waals surface area (Å²) in [5.41, 5.74) is 6.93. The van der Waals surface area contributed by atoms with Gasteiger partial charge in [0.25, 0.3) is 0 Å². The Bertz CT molecular complexity index is 486. The average Bonchev–Trinajstić information content (AvgIpc) is 2.74. The lowest BCUT2D eigenvalue weighted by Gasteiger charge is -2.21. The van der Waals surface area contributed by atoms with Crippen molar-refractivity contribution in [2.24, 2.45) is 0 Å². The summed E-state index contributed by atoms with van der Waals surface area (Å²) in [6, 6.07) is 5.91. The van der Waals surface area contributed by atoms with Gasteiger partial charge in [-0.3, -0.25) is 4.79 Å². The van der Waals surface area contributed by atoms with Crippen LogP contribution in [0.15, 0.2) is 24.3 Å². The summed E-state index contributed by atoms with van der Waals surface area (Å²) in [5.74, 6) is -1.38. The molecule has 1 aliphatic heterocycles. The van der Waals surface area contributed by atoms with Crippen LogP contribution in [0.25, 0.3) is 0 Å². The van der Waals surface area contributed by atoms with Crippen LogP contribution in [-0.2, 0) is 16.0 Å². The van der Waals surface area contributed by atoms with E-state index in [0.29, 0.717) is 5.69 Å². The Morgan fingerprint density at radius 3 is 2.53 bits per heavy atom. The number of hydrogen-bond donors (Lipinski definition) is 3. The molecule has 1 aromatic carbocycles. The topological polar surface area (TPSA) is 104 Å². The van der Waals surface area contributed by atoms with Crippen LogP contribution in [0.4, 0.5) is 5.69 Å². The van der Waals surface area contributed by atoms with Crippen LogP contribution in [0.1, 0.15) is 12.0 Å². The van der Waals surface area contributed by atoms with Crippen molar-refractivity contribution in [3.8, 4) is 0 Å². The van der Waals surface area contributed by atoms with E-state index < -0.39 is 18.1 Å². The maximum atomic E-state index is 12.1. The SMILES string of the molecule is Nc1ccc(CC(=O)N2CC(O)CC2C(=O)O)cc1. The molecule has 19 heavy (non-hydrogen) atoms. The molecule has 1 fully saturated rings. The van der Waals surface area contributed by atoms with E-state index in [1.54, 1.807) is 24.3 Å². The third-order valence-corrected chi connectivity index (χ3v) is 3.22. The lowest BCUT2D eigenvalue weighted by Crippen LogP contribution is -2.41. The molecule has 1 heterocycles. The number of aliphatic hydroxyl groups is 1. The summed E-state index contributed by atoms with van der Waals surface area (Å²) in [6.45, 7) is 0.0742. The highest BCUT2D eigenvalue weighted by atomic mass is 16.4. The van der Waals surface area contributed by atoms with E-state index >= 15 is 0 Å². The molecule has 1 aliphatic rings. The number of likely N-dealkylation sites (tertiary alicyclic amines) is 1. The first-order chi connectivity index (χ1) is 8.97. The molecule has 0 saturated carbocycles. The standard InChI is InChI=1S/C13H16N2O4/c14-9-3-1-8(2-4-9)5-12(17)15-7-10(16)6-11(15)13(18)19/h1-4,10-11,16H,5-7,14H2,(H,18,19). The molecule has 2 atom stereocenters. The van der Waals surface area contributed by atoms with Crippen LogP contribution in [0.5, 0.6) is 0 Å². The van der Waals surface area contributed by atoms with Gasteiger partial charge in [0.2, 0.25) is 5.91 Å². The summed E-state index contributed by atoms with van der Waals surface area (Å²) < 4.78 is 0. The molecule has 6 nitrogen and oxygen atoms in total. The molecule has 0 radical (unpaired) electrons. The van der Waals surface area contributed by atoms with Crippen LogP contribution in [0.3, 0.4) is 0 Å². The fourth-order valence-corrected chi connectivity index (χ4v) is 2.24. The number of nitrogens with zero attached hydrogens (tertiary/aromatic N) is 1. The van der Waals surface area contributed by atoms with E-state index in [0.717, 1.165) is 5.56 Å². The second-order valence-electron chi connectivity index (χ2n) is 4.71. The molecule has 6 heteroatoms. The highest BCUT2D eigenvalue weighted by molar-refractivity contribution is 5.85. The second-order valence-corrected chi connectivity index (χ2v) is 4.71. The van der Waals surface area contributed by atoms with Crippen molar-refractivity contribution in [2.45, 2.75) is 25.0 Å². The van der Waals surface area contributed by atoms with Crippen molar-refractivity contribution in [1.82, 2.24) is 4.90 Å². The number of amides is 1. The van der Waals surface area contributed by atoms with Crippen molar-refractivity contribution in [3.63, 3.8) is 0 Å². The van der Waals surface area contributed by atoms with Crippen molar-refractivity contribution in [1.29, 1.82) is 0 Å². The van der Waals surface area contributed by atoms with Gasteiger partial charge in [0.1, 0.15) is 6.04 Å². The third kappa shape index (κ3) is 3.03. The van der Waals surface area contributed by atoms with Crippen molar-refractivity contribution >= 4 is 17.6 Å². The lowest BCUT2D eigenvalue weighted by atomic mass is 10.1. The zero-order valence-electron chi connectivity index (χ0n) is 10.3. The highest BCUT2D eigenvalue weighted by Crippen LogP contribution is 2.19. The van der Waals surface area contributed by atoms with Crippen LogP contribution in [0, 0.1) is 0 Å². The zero-order valence-corrected chi connectivity index (χ0v) is 10.3. The number of benzene rings is 1. The second kappa shape index (κ2) is 5.27. The van der Waals surface area contributed by atoms with Crippen LogP contribution < -0.4 is 5.73 Å². The smallest absolute Gasteiger partial charge is 0.326 e. The number of carbonyl (C=O) groups excluding carboxylic acids is 1. The quantitative estimate of drug-likeness (QED) is 0.659. The minimum atomic E-state index is -1.08. The Morgan fingerprint density at radius 1 is 1.32 bits per heavy atom. The number of anilines is 1. The van der Waals surface area contributed by atoms with E-state index in [9.17, 15) is 14.7 Å². The molecule has 4 N–H and O–H groups in total. The molecular weight excluding hydrogens is 248 g/mol. The minimum absolute atomic E-state index is 0.0742. The molecular formula is C13H16N2O4. The van der Waals surface area contributed by atoms with Gasteiger partial charge in [0.05, 0.1) is 12.5 Å². The number of carboxylic acids is 1. The molecule has 2 unspecified atom stereocenters. The number of nitrogen functional groups attached to an aromatic ring is 1. The summed E-state index contributed by atoms with van der Waals surface area (Å²) in [6.07, 6.45) is -0.573. The van der Waals surface area contributed by atoms with E-state index in [1.165, 1.54) is 4.90 Å². The number of carbonyl (C=O) groups is 2.